The summed E-state index contributed by atoms with van der Waals surface area (Å²) < 4.78 is 0. The van der Waals surface area contributed by atoms with E-state index in [4.69, 9.17) is 0 Å². The van der Waals surface area contributed by atoms with Gasteiger partial charge >= 0.3 is 0 Å². The van der Waals surface area contributed by atoms with E-state index in [9.17, 15) is 0 Å². The van der Waals surface area contributed by atoms with Gasteiger partial charge in [0.2, 0.25) is 0 Å². The van der Waals surface area contributed by atoms with Crippen molar-refractivity contribution in [3.63, 3.8) is 0 Å². The van der Waals surface area contributed by atoms with Crippen molar-refractivity contribution in [3.8, 4) is 0 Å². The van der Waals surface area contributed by atoms with Crippen molar-refractivity contribution < 1.29 is 0 Å². The summed E-state index contributed by atoms with van der Waals surface area (Å²) in [4.78, 5) is 0. The van der Waals surface area contributed by atoms with E-state index >= 15 is 0 Å². The van der Waals surface area contributed by atoms with Crippen LogP contribution in [0.25, 0.3) is 0 Å². The first-order valence-corrected chi connectivity index (χ1v) is 5.79. The molecule has 0 aromatic carbocycles. The van der Waals surface area contributed by atoms with Gasteiger partial charge in [-0.2, -0.15) is 0 Å². The Morgan fingerprint density at radius 2 is 1.67 bits per heavy atom. The van der Waals surface area contributed by atoms with Crippen molar-refractivity contribution in [2.75, 3.05) is 0 Å². The standard InChI is InChI=1S/C4H10Si2/c1-3-6(5)4-2/h3-4H2,1-2H3. The number of hydrogen-bond acceptors (Lipinski definition) is 0. The molecule has 0 rings (SSSR count). The average Bonchev–Trinajstić information content (AvgIpc) is 1.65. The maximum atomic E-state index is 3.62. The predicted molar refractivity (Wildman–Crippen MR) is 32.5 cm³/mol. The summed E-state index contributed by atoms with van der Waals surface area (Å²) in [5, 5.41) is 0. The molecule has 0 N–H and O–H groups in total. The maximum Gasteiger partial charge on any atom is 0.0298 e. The second kappa shape index (κ2) is 3.62. The van der Waals surface area contributed by atoms with Gasteiger partial charge in [0.25, 0.3) is 0 Å². The highest BCUT2D eigenvalue weighted by molar-refractivity contribution is 7.03. The predicted octanol–water partition coefficient (Wildman–Crippen LogP) is 1.19. The van der Waals surface area contributed by atoms with Gasteiger partial charge in [-0.15, -0.1) is 0 Å². The summed E-state index contributed by atoms with van der Waals surface area (Å²) in [5.41, 5.74) is 0. The van der Waals surface area contributed by atoms with Crippen LogP contribution in [0.15, 0.2) is 0 Å². The fourth-order valence-electron chi connectivity index (χ4n) is 0.250. The van der Waals surface area contributed by atoms with Crippen molar-refractivity contribution >= 4 is 18.1 Å². The lowest BCUT2D eigenvalue weighted by Gasteiger charge is -1.95. The summed E-state index contributed by atoms with van der Waals surface area (Å²) >= 11 is 0. The monoisotopic (exact) mass is 114 g/mol. The van der Waals surface area contributed by atoms with Gasteiger partial charge in [0.15, 0.2) is 0 Å². The zero-order valence-corrected chi connectivity index (χ0v) is 6.41. The lowest BCUT2D eigenvalue weighted by atomic mass is 11.0. The molecule has 0 aliphatic rings. The van der Waals surface area contributed by atoms with Gasteiger partial charge < -0.3 is 0 Å². The van der Waals surface area contributed by atoms with Gasteiger partial charge in [0.05, 0.1) is 0 Å². The Kier molecular flexibility index (Phi) is 3.88. The third-order valence-electron chi connectivity index (χ3n) is 0.854. The van der Waals surface area contributed by atoms with Gasteiger partial charge in [-0.1, -0.05) is 25.9 Å². The SMILES string of the molecule is CC[Si]([Si])CC. The third kappa shape index (κ3) is 2.66. The van der Waals surface area contributed by atoms with Gasteiger partial charge in [-0.05, 0) is 0 Å². The van der Waals surface area contributed by atoms with Crippen LogP contribution < -0.4 is 0 Å². The molecule has 0 heterocycles. The molecule has 6 heavy (non-hydrogen) atoms. The molecule has 4 radical (unpaired) electrons. The highest BCUT2D eigenvalue weighted by atomic mass is 29.1. The molecule has 0 fully saturated rings. The summed E-state index contributed by atoms with van der Waals surface area (Å²) in [5.74, 6) is 0. The molecule has 0 aliphatic carbocycles. The topological polar surface area (TPSA) is 0 Å². The van der Waals surface area contributed by atoms with Crippen LogP contribution in [0.1, 0.15) is 13.8 Å². The van der Waals surface area contributed by atoms with E-state index in [1.807, 2.05) is 0 Å². The third-order valence-corrected chi connectivity index (χ3v) is 4.68. The van der Waals surface area contributed by atoms with Crippen LogP contribution in [-0.4, -0.2) is 18.1 Å². The van der Waals surface area contributed by atoms with E-state index in [2.05, 4.69) is 23.6 Å². The fourth-order valence-corrected chi connectivity index (χ4v) is 0.750. The highest BCUT2D eigenvalue weighted by Gasteiger charge is 1.92. The zero-order chi connectivity index (χ0) is 4.99. The van der Waals surface area contributed by atoms with Crippen LogP contribution in [0.3, 0.4) is 0 Å². The van der Waals surface area contributed by atoms with Crippen LogP contribution >= 0.6 is 0 Å². The molecule has 0 saturated heterocycles. The molecule has 0 aromatic heterocycles. The van der Waals surface area contributed by atoms with Crippen molar-refractivity contribution in [3.05, 3.63) is 0 Å². The van der Waals surface area contributed by atoms with Gasteiger partial charge in [-0.25, -0.2) is 0 Å². The summed E-state index contributed by atoms with van der Waals surface area (Å²) in [6, 6.07) is 2.69. The van der Waals surface area contributed by atoms with Crippen molar-refractivity contribution in [1.29, 1.82) is 0 Å². The van der Waals surface area contributed by atoms with E-state index in [1.165, 1.54) is 12.1 Å². The summed E-state index contributed by atoms with van der Waals surface area (Å²) in [6.45, 7) is 4.45. The molecule has 0 saturated carbocycles. The van der Waals surface area contributed by atoms with E-state index in [0.29, 0.717) is 0 Å². The molecule has 0 spiro atoms. The highest BCUT2D eigenvalue weighted by Crippen LogP contribution is 1.89. The summed E-state index contributed by atoms with van der Waals surface area (Å²) in [6.07, 6.45) is 0. The first kappa shape index (κ1) is 6.43. The molecular formula is C4H10Si2. The molecule has 0 nitrogen and oxygen atoms in total. The second-order valence-electron chi connectivity index (χ2n) is 1.31. The quantitative estimate of drug-likeness (QED) is 0.473. The van der Waals surface area contributed by atoms with Crippen LogP contribution in [-0.2, 0) is 0 Å². The number of rotatable bonds is 2. The molecule has 0 amide bonds. The Labute approximate surface area is 44.8 Å². The van der Waals surface area contributed by atoms with Crippen molar-refractivity contribution in [1.82, 2.24) is 0 Å². The largest absolute Gasteiger partial charge is 0.0682 e. The van der Waals surface area contributed by atoms with Gasteiger partial charge in [-0.3, -0.25) is 0 Å². The van der Waals surface area contributed by atoms with E-state index in [1.54, 1.807) is 0 Å². The Morgan fingerprint density at radius 1 is 1.33 bits per heavy atom. The normalized spacial score (nSPS) is 10.0. The average molecular weight is 114 g/mol. The molecular weight excluding hydrogens is 104 g/mol. The van der Waals surface area contributed by atoms with Crippen LogP contribution in [0, 0.1) is 0 Å². The minimum Gasteiger partial charge on any atom is -0.0682 e. The van der Waals surface area contributed by atoms with E-state index < -0.39 is 0 Å². The fraction of sp³-hybridized carbons (Fsp3) is 1.00. The van der Waals surface area contributed by atoms with Crippen LogP contribution in [0.4, 0.5) is 0 Å². The van der Waals surface area contributed by atoms with Gasteiger partial charge in [0, 0.05) is 18.1 Å². The first-order chi connectivity index (χ1) is 2.81. The number of hydrogen-bond donors (Lipinski definition) is 0. The molecule has 0 unspecified atom stereocenters. The Morgan fingerprint density at radius 3 is 1.67 bits per heavy atom. The molecule has 0 atom stereocenters. The zero-order valence-electron chi connectivity index (χ0n) is 4.41. The Bertz CT molecular complexity index is 24.7. The van der Waals surface area contributed by atoms with Crippen molar-refractivity contribution in [2.45, 2.75) is 25.9 Å². The Hall–Kier alpha value is 0.434. The second-order valence-corrected chi connectivity index (χ2v) is 6.05. The van der Waals surface area contributed by atoms with Crippen LogP contribution in [0.5, 0.6) is 0 Å². The Balaban J connectivity index is 2.75. The smallest absolute Gasteiger partial charge is 0.0298 e. The molecule has 2 heteroatoms. The molecule has 0 aromatic rings. The van der Waals surface area contributed by atoms with E-state index in [-0.39, 0.29) is 8.31 Å². The molecule has 0 bridgehead atoms. The van der Waals surface area contributed by atoms with Gasteiger partial charge in [0.1, 0.15) is 0 Å². The van der Waals surface area contributed by atoms with Crippen molar-refractivity contribution in [2.24, 2.45) is 0 Å². The molecule has 34 valence electrons. The van der Waals surface area contributed by atoms with Crippen LogP contribution in [0.2, 0.25) is 12.1 Å². The minimum atomic E-state index is -0.0628. The maximum absolute atomic E-state index is 3.62. The summed E-state index contributed by atoms with van der Waals surface area (Å²) in [7, 11) is 3.56. The first-order valence-electron chi connectivity index (χ1n) is 2.37. The molecule has 0 aliphatic heterocycles. The lowest BCUT2D eigenvalue weighted by Crippen LogP contribution is -2.07. The minimum absolute atomic E-state index is 0.0628. The van der Waals surface area contributed by atoms with E-state index in [0.717, 1.165) is 0 Å². The lowest BCUT2D eigenvalue weighted by molar-refractivity contribution is 1.35.